The second-order valence-electron chi connectivity index (χ2n) is 6.44. The van der Waals surface area contributed by atoms with E-state index >= 15 is 0 Å². The monoisotopic (exact) mass is 458 g/mol. The lowest BCUT2D eigenvalue weighted by molar-refractivity contribution is -0.167. The average molecular weight is 458 g/mol. The molecule has 1 aromatic rings. The largest absolute Gasteiger partial charge is 0.428 e. The van der Waals surface area contributed by atoms with Gasteiger partial charge in [-0.05, 0) is 26.1 Å². The van der Waals surface area contributed by atoms with Gasteiger partial charge in [0.25, 0.3) is 0 Å². The Labute approximate surface area is 182 Å². The summed E-state index contributed by atoms with van der Waals surface area (Å²) < 4.78 is 16.3. The summed E-state index contributed by atoms with van der Waals surface area (Å²) in [6.45, 7) is 0.0159. The topological polar surface area (TPSA) is 158 Å². The Morgan fingerprint density at radius 3 is 2.68 bits per heavy atom. The maximum Gasteiger partial charge on any atom is 0.351 e. The maximum absolute atomic E-state index is 12.2. The third kappa shape index (κ3) is 8.65. The van der Waals surface area contributed by atoms with Gasteiger partial charge in [-0.15, -0.1) is 11.8 Å². The molecule has 0 unspecified atom stereocenters. The van der Waals surface area contributed by atoms with Crippen molar-refractivity contribution in [2.24, 2.45) is 0 Å². The summed E-state index contributed by atoms with van der Waals surface area (Å²) in [5.41, 5.74) is -1.00. The van der Waals surface area contributed by atoms with Gasteiger partial charge in [0.2, 0.25) is 12.7 Å². The highest BCUT2D eigenvalue weighted by Crippen LogP contribution is 2.30. The van der Waals surface area contributed by atoms with E-state index < -0.39 is 42.0 Å². The number of ether oxygens (including phenoxy) is 3. The summed E-state index contributed by atoms with van der Waals surface area (Å²) in [5, 5.41) is 14.4. The average Bonchev–Trinajstić information content (AvgIpc) is 3.21. The van der Waals surface area contributed by atoms with Crippen molar-refractivity contribution in [2.45, 2.75) is 37.3 Å². The molecule has 0 radical (unpaired) electrons. The van der Waals surface area contributed by atoms with E-state index in [2.05, 4.69) is 15.6 Å². The van der Waals surface area contributed by atoms with Crippen LogP contribution in [0.2, 0.25) is 0 Å². The molecule has 0 spiro atoms. The molecule has 0 bridgehead atoms. The van der Waals surface area contributed by atoms with Gasteiger partial charge in [0.1, 0.15) is 17.5 Å². The van der Waals surface area contributed by atoms with Crippen molar-refractivity contribution in [3.05, 3.63) is 22.7 Å². The first-order valence-electron chi connectivity index (χ1n) is 9.65. The number of hydrogen-bond donors (Lipinski definition) is 3. The van der Waals surface area contributed by atoms with E-state index in [-0.39, 0.29) is 31.7 Å². The predicted octanol–water partition coefficient (Wildman–Crippen LogP) is -0.414. The highest BCUT2D eigenvalue weighted by atomic mass is 32.2. The van der Waals surface area contributed by atoms with E-state index in [1.807, 2.05) is 0 Å². The van der Waals surface area contributed by atoms with Crippen molar-refractivity contribution in [2.75, 3.05) is 38.1 Å². The summed E-state index contributed by atoms with van der Waals surface area (Å²) >= 11 is 1.39. The van der Waals surface area contributed by atoms with Crippen LogP contribution >= 0.6 is 11.8 Å². The fourth-order valence-electron chi connectivity index (χ4n) is 2.52. The third-order valence-corrected chi connectivity index (χ3v) is 5.20. The summed E-state index contributed by atoms with van der Waals surface area (Å²) in [4.78, 5) is 50.9. The van der Waals surface area contributed by atoms with Crippen LogP contribution in [0.4, 0.5) is 5.82 Å². The number of nitrogens with one attached hydrogen (secondary N) is 2. The minimum atomic E-state index is -0.698. The highest BCUT2D eigenvalue weighted by molar-refractivity contribution is 8.00. The lowest BCUT2D eigenvalue weighted by Crippen LogP contribution is -2.29. The Balaban J connectivity index is 1.69. The van der Waals surface area contributed by atoms with Crippen LogP contribution in [0.25, 0.3) is 0 Å². The molecule has 2 rings (SSSR count). The molecular formula is C18H26N4O8S. The van der Waals surface area contributed by atoms with Gasteiger partial charge in [-0.3, -0.25) is 19.0 Å². The number of rotatable bonds is 12. The van der Waals surface area contributed by atoms with Crippen LogP contribution in [0.1, 0.15) is 31.9 Å². The molecule has 1 amide bonds. The standard InChI is InChI=1S/C18H26N4O8S/c1-19-7-2-3-15(25)28-11-29-16(26)5-4-13(24)20-12-6-8-22(18(27)21-12)14-10-31-17(9-23)30-14/h6,8,14,17,19,23H,2-5,7,9-11H2,1H3,(H,20,21,24,27)/t14-,17+/m0/s1. The molecule has 12 nitrogen and oxygen atoms in total. The minimum absolute atomic E-state index is 0.0412. The van der Waals surface area contributed by atoms with E-state index in [1.54, 1.807) is 7.05 Å². The van der Waals surface area contributed by atoms with Gasteiger partial charge in [-0.1, -0.05) is 0 Å². The molecular weight excluding hydrogens is 432 g/mol. The number of aromatic nitrogens is 2. The molecule has 2 atom stereocenters. The first-order chi connectivity index (χ1) is 14.9. The second-order valence-corrected chi connectivity index (χ2v) is 7.64. The van der Waals surface area contributed by atoms with Crippen molar-refractivity contribution in [1.29, 1.82) is 0 Å². The van der Waals surface area contributed by atoms with Crippen LogP contribution in [0, 0.1) is 0 Å². The van der Waals surface area contributed by atoms with Gasteiger partial charge in [-0.25, -0.2) is 4.79 Å². The molecule has 1 aliphatic heterocycles. The molecule has 172 valence electrons. The molecule has 13 heteroatoms. The van der Waals surface area contributed by atoms with Gasteiger partial charge in [0.15, 0.2) is 0 Å². The van der Waals surface area contributed by atoms with Crippen LogP contribution in [0.15, 0.2) is 17.1 Å². The van der Waals surface area contributed by atoms with Gasteiger partial charge in [0.05, 0.1) is 13.0 Å². The Kier molecular flexibility index (Phi) is 10.4. The Morgan fingerprint density at radius 1 is 1.29 bits per heavy atom. The maximum atomic E-state index is 12.2. The first-order valence-corrected chi connectivity index (χ1v) is 10.7. The number of aliphatic hydroxyl groups is 1. The number of thioether (sulfide) groups is 1. The van der Waals surface area contributed by atoms with Crippen molar-refractivity contribution in [3.63, 3.8) is 0 Å². The Bertz CT molecular complexity index is 818. The highest BCUT2D eigenvalue weighted by Gasteiger charge is 2.27. The van der Waals surface area contributed by atoms with Crippen molar-refractivity contribution in [3.8, 4) is 0 Å². The van der Waals surface area contributed by atoms with Crippen molar-refractivity contribution >= 4 is 35.4 Å². The van der Waals surface area contributed by atoms with E-state index in [4.69, 9.17) is 19.3 Å². The first kappa shape index (κ1) is 24.8. The minimum Gasteiger partial charge on any atom is -0.428 e. The molecule has 0 saturated carbocycles. The summed E-state index contributed by atoms with van der Waals surface area (Å²) in [5.74, 6) is -1.17. The summed E-state index contributed by atoms with van der Waals surface area (Å²) in [6.07, 6.45) is 1.29. The molecule has 1 aromatic heterocycles. The van der Waals surface area contributed by atoms with E-state index in [0.29, 0.717) is 18.7 Å². The zero-order valence-corrected chi connectivity index (χ0v) is 17.9. The zero-order chi connectivity index (χ0) is 22.6. The molecule has 0 aliphatic carbocycles. The number of anilines is 1. The lowest BCUT2D eigenvalue weighted by Gasteiger charge is -2.14. The van der Waals surface area contributed by atoms with Crippen molar-refractivity contribution in [1.82, 2.24) is 14.9 Å². The molecule has 1 aliphatic rings. The lowest BCUT2D eigenvalue weighted by atomic mass is 10.3. The van der Waals surface area contributed by atoms with Crippen LogP contribution in [0.3, 0.4) is 0 Å². The van der Waals surface area contributed by atoms with Crippen molar-refractivity contribution < 1.29 is 33.7 Å². The quantitative estimate of drug-likeness (QED) is 0.212. The Hall–Kier alpha value is -2.48. The number of aliphatic hydroxyl groups excluding tert-OH is 1. The fraction of sp³-hybridized carbons (Fsp3) is 0.611. The summed E-state index contributed by atoms with van der Waals surface area (Å²) in [6, 6.07) is 1.44. The van der Waals surface area contributed by atoms with Gasteiger partial charge in [-0.2, -0.15) is 4.98 Å². The van der Waals surface area contributed by atoms with Crippen LogP contribution < -0.4 is 16.3 Å². The zero-order valence-electron chi connectivity index (χ0n) is 17.1. The summed E-state index contributed by atoms with van der Waals surface area (Å²) in [7, 11) is 1.77. The molecule has 2 heterocycles. The number of hydrogen-bond acceptors (Lipinski definition) is 11. The van der Waals surface area contributed by atoms with Crippen LogP contribution in [-0.4, -0.2) is 70.7 Å². The number of nitrogens with zero attached hydrogens (tertiary/aromatic N) is 2. The van der Waals surface area contributed by atoms with Gasteiger partial charge < -0.3 is 30.0 Å². The number of carbonyl (C=O) groups excluding carboxylic acids is 3. The number of esters is 2. The van der Waals surface area contributed by atoms with E-state index in [9.17, 15) is 19.2 Å². The Morgan fingerprint density at radius 2 is 2.03 bits per heavy atom. The van der Waals surface area contributed by atoms with E-state index in [1.165, 1.54) is 28.6 Å². The SMILES string of the molecule is CNCCCC(=O)OCOC(=O)CCC(=O)Nc1ccn([C@@H]2CS[C@H](CO)O2)c(=O)n1. The van der Waals surface area contributed by atoms with Crippen LogP contribution in [-0.2, 0) is 28.6 Å². The molecule has 1 fully saturated rings. The molecule has 31 heavy (non-hydrogen) atoms. The number of carbonyl (C=O) groups is 3. The molecule has 3 N–H and O–H groups in total. The number of amides is 1. The third-order valence-electron chi connectivity index (χ3n) is 4.09. The van der Waals surface area contributed by atoms with E-state index in [0.717, 1.165) is 0 Å². The predicted molar refractivity (Wildman–Crippen MR) is 110 cm³/mol. The second kappa shape index (κ2) is 13.0. The smallest absolute Gasteiger partial charge is 0.351 e. The molecule has 0 aromatic carbocycles. The van der Waals surface area contributed by atoms with Crippen LogP contribution in [0.5, 0.6) is 0 Å². The van der Waals surface area contributed by atoms with Gasteiger partial charge >= 0.3 is 17.6 Å². The molecule has 1 saturated heterocycles. The fourth-order valence-corrected chi connectivity index (χ4v) is 3.45. The van der Waals surface area contributed by atoms with Gasteiger partial charge in [0, 0.05) is 24.8 Å². The normalized spacial score (nSPS) is 17.9.